The zero-order chi connectivity index (χ0) is 21.0. The summed E-state index contributed by atoms with van der Waals surface area (Å²) < 4.78 is 7.48. The first kappa shape index (κ1) is 19.7. The van der Waals surface area contributed by atoms with E-state index in [1.807, 2.05) is 0 Å². The lowest BCUT2D eigenvalue weighted by atomic mass is 9.72. The lowest BCUT2D eigenvalue weighted by Gasteiger charge is -2.47. The molecule has 1 aliphatic heterocycles. The van der Waals surface area contributed by atoms with Gasteiger partial charge >= 0.3 is 0 Å². The highest BCUT2D eigenvalue weighted by Crippen LogP contribution is 2.58. The molecule has 0 bridgehead atoms. The quantitative estimate of drug-likeness (QED) is 0.369. The molecule has 0 aliphatic carbocycles. The van der Waals surface area contributed by atoms with Gasteiger partial charge in [0.15, 0.2) is 22.8 Å². The monoisotopic (exact) mass is 401 g/mol. The summed E-state index contributed by atoms with van der Waals surface area (Å²) in [5.41, 5.74) is 2.44. The topological polar surface area (TPSA) is 160 Å². The van der Waals surface area contributed by atoms with Gasteiger partial charge in [-0.1, -0.05) is 44.2 Å². The maximum atomic E-state index is 12.0. The molecule has 10 nitrogen and oxygen atoms in total. The third kappa shape index (κ3) is 2.31. The van der Waals surface area contributed by atoms with E-state index in [2.05, 4.69) is 15.0 Å². The molecule has 0 saturated carbocycles. The summed E-state index contributed by atoms with van der Waals surface area (Å²) in [5, 5.41) is 44.0. The van der Waals surface area contributed by atoms with Crippen molar-refractivity contribution in [1.82, 2.24) is 19.5 Å². The first-order chi connectivity index (χ1) is 13.7. The predicted molar refractivity (Wildman–Crippen MR) is 102 cm³/mol. The van der Waals surface area contributed by atoms with Crippen LogP contribution in [0.25, 0.3) is 11.2 Å². The van der Waals surface area contributed by atoms with Crippen LogP contribution in [0.2, 0.25) is 0 Å². The number of nitrogens with zero attached hydrogens (tertiary/aromatic N) is 4. The Hall–Kier alpha value is -2.63. The standard InChI is InChI=1S/C19H23N5O5/c1-11(2)18(24-10-23-14-15(20)21-9-22-16(14)24)17(26,12-6-4-3-5-7-12)19(27,28)13(8-25)29-18/h3-7,9-11,13,25-28H,8H2,1-2H3,(H2,20,21,22)/t13-,17+,18-/m1/s1. The number of fused-ring (bicyclic) bond motifs is 1. The van der Waals surface area contributed by atoms with Gasteiger partial charge < -0.3 is 30.9 Å². The molecular formula is C19H23N5O5. The van der Waals surface area contributed by atoms with Crippen LogP contribution in [0, 0.1) is 5.92 Å². The molecule has 0 radical (unpaired) electrons. The fourth-order valence-electron chi connectivity index (χ4n) is 4.30. The number of imidazole rings is 1. The summed E-state index contributed by atoms with van der Waals surface area (Å²) in [4.78, 5) is 12.4. The van der Waals surface area contributed by atoms with Crippen LogP contribution < -0.4 is 5.73 Å². The van der Waals surface area contributed by atoms with Crippen molar-refractivity contribution in [2.75, 3.05) is 12.3 Å². The second-order valence-electron chi connectivity index (χ2n) is 7.49. The Balaban J connectivity index is 2.11. The number of aromatic nitrogens is 4. The van der Waals surface area contributed by atoms with Gasteiger partial charge in [0.25, 0.3) is 0 Å². The molecule has 29 heavy (non-hydrogen) atoms. The van der Waals surface area contributed by atoms with Crippen LogP contribution in [0.15, 0.2) is 43.0 Å². The largest absolute Gasteiger partial charge is 0.393 e. The van der Waals surface area contributed by atoms with Crippen molar-refractivity contribution in [3.63, 3.8) is 0 Å². The molecule has 4 rings (SSSR count). The van der Waals surface area contributed by atoms with E-state index < -0.39 is 35.7 Å². The maximum absolute atomic E-state index is 12.0. The van der Waals surface area contributed by atoms with Gasteiger partial charge in [0, 0.05) is 5.92 Å². The van der Waals surface area contributed by atoms with E-state index in [1.54, 1.807) is 44.2 Å². The van der Waals surface area contributed by atoms with Crippen molar-refractivity contribution in [1.29, 1.82) is 0 Å². The summed E-state index contributed by atoms with van der Waals surface area (Å²) >= 11 is 0. The molecule has 3 aromatic rings. The van der Waals surface area contributed by atoms with E-state index in [4.69, 9.17) is 10.5 Å². The van der Waals surface area contributed by atoms with Gasteiger partial charge in [-0.05, 0) is 5.56 Å². The number of nitrogens with two attached hydrogens (primary N) is 1. The van der Waals surface area contributed by atoms with Crippen LogP contribution >= 0.6 is 0 Å². The zero-order valence-corrected chi connectivity index (χ0v) is 16.0. The highest BCUT2D eigenvalue weighted by atomic mass is 16.6. The fraction of sp³-hybridized carbons (Fsp3) is 0.421. The van der Waals surface area contributed by atoms with E-state index >= 15 is 0 Å². The summed E-state index contributed by atoms with van der Waals surface area (Å²) in [6.07, 6.45) is 1.10. The number of rotatable bonds is 4. The van der Waals surface area contributed by atoms with E-state index in [1.165, 1.54) is 17.2 Å². The van der Waals surface area contributed by atoms with E-state index in [0.29, 0.717) is 0 Å². The average molecular weight is 401 g/mol. The van der Waals surface area contributed by atoms with Crippen molar-refractivity contribution in [2.45, 2.75) is 37.1 Å². The van der Waals surface area contributed by atoms with E-state index in [0.717, 1.165) is 0 Å². The van der Waals surface area contributed by atoms with Gasteiger partial charge in [0.05, 0.1) is 12.9 Å². The molecule has 2 aromatic heterocycles. The number of aliphatic hydroxyl groups excluding tert-OH is 1. The van der Waals surface area contributed by atoms with Gasteiger partial charge in [-0.25, -0.2) is 15.0 Å². The van der Waals surface area contributed by atoms with Crippen LogP contribution in [0.4, 0.5) is 5.82 Å². The highest BCUT2D eigenvalue weighted by Gasteiger charge is 2.76. The van der Waals surface area contributed by atoms with Crippen LogP contribution in [-0.2, 0) is 16.1 Å². The molecule has 3 atom stereocenters. The van der Waals surface area contributed by atoms with Crippen molar-refractivity contribution in [3.05, 3.63) is 48.5 Å². The summed E-state index contributed by atoms with van der Waals surface area (Å²) in [7, 11) is 0. The van der Waals surface area contributed by atoms with Gasteiger partial charge in [0.2, 0.25) is 5.79 Å². The molecule has 1 aromatic carbocycles. The van der Waals surface area contributed by atoms with Crippen molar-refractivity contribution < 1.29 is 25.2 Å². The molecule has 10 heteroatoms. The number of ether oxygens (including phenoxy) is 1. The second kappa shape index (κ2) is 6.44. The normalized spacial score (nSPS) is 29.0. The number of aliphatic hydroxyl groups is 4. The Bertz CT molecular complexity index is 1040. The fourth-order valence-corrected chi connectivity index (χ4v) is 4.30. The molecule has 0 spiro atoms. The molecule has 3 heterocycles. The summed E-state index contributed by atoms with van der Waals surface area (Å²) in [6.45, 7) is 2.76. The first-order valence-corrected chi connectivity index (χ1v) is 9.17. The molecule has 1 fully saturated rings. The van der Waals surface area contributed by atoms with Crippen LogP contribution in [-0.4, -0.2) is 58.4 Å². The zero-order valence-electron chi connectivity index (χ0n) is 16.0. The minimum atomic E-state index is -2.83. The lowest BCUT2D eigenvalue weighted by molar-refractivity contribution is -0.300. The van der Waals surface area contributed by atoms with Gasteiger partial charge in [0.1, 0.15) is 17.9 Å². The third-order valence-electron chi connectivity index (χ3n) is 5.68. The molecular weight excluding hydrogens is 378 g/mol. The minimum absolute atomic E-state index is 0.131. The minimum Gasteiger partial charge on any atom is -0.393 e. The summed E-state index contributed by atoms with van der Waals surface area (Å²) in [6, 6.07) is 8.17. The van der Waals surface area contributed by atoms with Gasteiger partial charge in [-0.3, -0.25) is 4.57 Å². The number of nitrogen functional groups attached to an aromatic ring is 1. The Morgan fingerprint density at radius 2 is 1.83 bits per heavy atom. The smallest absolute Gasteiger partial charge is 0.231 e. The molecule has 6 N–H and O–H groups in total. The maximum Gasteiger partial charge on any atom is 0.231 e. The lowest BCUT2D eigenvalue weighted by Crippen LogP contribution is -2.63. The van der Waals surface area contributed by atoms with Crippen LogP contribution in [0.1, 0.15) is 19.4 Å². The Labute approximate surface area is 166 Å². The molecule has 1 saturated heterocycles. The van der Waals surface area contributed by atoms with E-state index in [-0.39, 0.29) is 22.5 Å². The highest BCUT2D eigenvalue weighted by molar-refractivity contribution is 5.81. The second-order valence-corrected chi connectivity index (χ2v) is 7.49. The van der Waals surface area contributed by atoms with Crippen LogP contribution in [0.5, 0.6) is 0 Å². The predicted octanol–water partition coefficient (Wildman–Crippen LogP) is -0.323. The number of hydrogen-bond donors (Lipinski definition) is 5. The molecule has 0 amide bonds. The number of anilines is 1. The number of hydrogen-bond acceptors (Lipinski definition) is 9. The molecule has 154 valence electrons. The van der Waals surface area contributed by atoms with Crippen molar-refractivity contribution in [2.24, 2.45) is 5.92 Å². The van der Waals surface area contributed by atoms with Gasteiger partial charge in [-0.2, -0.15) is 0 Å². The SMILES string of the molecule is CC(C)[C@@]1(n2cnc3c(N)ncnc32)O[C@H](CO)C(O)(O)[C@]1(O)c1ccccc1. The average Bonchev–Trinajstić information content (AvgIpc) is 3.21. The van der Waals surface area contributed by atoms with Crippen molar-refractivity contribution >= 4 is 17.0 Å². The van der Waals surface area contributed by atoms with Crippen molar-refractivity contribution in [3.8, 4) is 0 Å². The first-order valence-electron chi connectivity index (χ1n) is 9.17. The van der Waals surface area contributed by atoms with E-state index in [9.17, 15) is 20.4 Å². The number of benzene rings is 1. The third-order valence-corrected chi connectivity index (χ3v) is 5.68. The molecule has 0 unspecified atom stereocenters. The summed E-state index contributed by atoms with van der Waals surface area (Å²) in [5.74, 6) is -3.23. The Morgan fingerprint density at radius 3 is 2.45 bits per heavy atom. The molecule has 1 aliphatic rings. The Morgan fingerprint density at radius 1 is 1.14 bits per heavy atom. The van der Waals surface area contributed by atoms with Crippen LogP contribution in [0.3, 0.4) is 0 Å². The Kier molecular flexibility index (Phi) is 4.37. The van der Waals surface area contributed by atoms with Gasteiger partial charge in [-0.15, -0.1) is 0 Å².